The van der Waals surface area contributed by atoms with Gasteiger partial charge in [-0.2, -0.15) is 0 Å². The van der Waals surface area contributed by atoms with E-state index in [1.165, 1.54) is 19.8 Å². The second-order valence-electron chi connectivity index (χ2n) is 3.90. The van der Waals surface area contributed by atoms with Crippen LogP contribution in [-0.4, -0.2) is 30.3 Å². The molecule has 0 aliphatic carbocycles. The summed E-state index contributed by atoms with van der Waals surface area (Å²) in [5.74, 6) is 0. The summed E-state index contributed by atoms with van der Waals surface area (Å²) in [6.07, 6.45) is 0. The van der Waals surface area contributed by atoms with Gasteiger partial charge in [0, 0.05) is 0 Å². The van der Waals surface area contributed by atoms with E-state index in [0.29, 0.717) is 0 Å². The number of hydrogen-bond acceptors (Lipinski definition) is 0. The molecular weight excluding hydrogens is 425 g/mol. The van der Waals surface area contributed by atoms with Crippen LogP contribution in [0.1, 0.15) is 0 Å². The van der Waals surface area contributed by atoms with Crippen LogP contribution in [0.25, 0.3) is 16.6 Å². The molecule has 0 fully saturated rings. The summed E-state index contributed by atoms with van der Waals surface area (Å²) < 4.78 is 3.67. The molecule has 1 aromatic heterocycles. The maximum absolute atomic E-state index is 5.93. The SMILES string of the molecule is Clc1ccc(-n2[c]([Pb])cc3ccccc32)cc1. The Morgan fingerprint density at radius 1 is 0.941 bits per heavy atom. The van der Waals surface area contributed by atoms with E-state index >= 15 is 0 Å². The standard InChI is InChI=1S/C14H9ClN.Pb/c15-12-5-7-13(8-6-12)16-10-9-11-3-1-2-4-14(11)16;/h1-9H;. The summed E-state index contributed by atoms with van der Waals surface area (Å²) in [5, 5.41) is 2.08. The van der Waals surface area contributed by atoms with Crippen LogP contribution >= 0.6 is 11.6 Å². The zero-order valence-electron chi connectivity index (χ0n) is 9.02. The molecule has 0 saturated heterocycles. The monoisotopic (exact) mass is 434 g/mol. The number of nitrogens with zero attached hydrogens (tertiary/aromatic N) is 1. The zero-order valence-corrected chi connectivity index (χ0v) is 13.7. The number of benzene rings is 2. The number of rotatable bonds is 1. The van der Waals surface area contributed by atoms with Crippen molar-refractivity contribution in [2.24, 2.45) is 0 Å². The van der Waals surface area contributed by atoms with Crippen molar-refractivity contribution in [2.75, 3.05) is 0 Å². The summed E-state index contributed by atoms with van der Waals surface area (Å²) in [6.45, 7) is 0. The molecule has 0 N–H and O–H groups in total. The molecule has 0 bridgehead atoms. The molecule has 0 spiro atoms. The second kappa shape index (κ2) is 4.46. The number of hydrogen-bond donors (Lipinski definition) is 0. The fourth-order valence-corrected chi connectivity index (χ4v) is 3.72. The number of para-hydroxylation sites is 1. The third kappa shape index (κ3) is 2.02. The molecule has 2 aromatic carbocycles. The fourth-order valence-electron chi connectivity index (χ4n) is 2.02. The van der Waals surface area contributed by atoms with Gasteiger partial charge in [-0.05, 0) is 0 Å². The minimum absolute atomic E-state index is 0.778. The summed E-state index contributed by atoms with van der Waals surface area (Å²) in [7, 11) is 0. The molecule has 0 aliphatic heterocycles. The van der Waals surface area contributed by atoms with Gasteiger partial charge in [-0.25, -0.2) is 0 Å². The van der Waals surface area contributed by atoms with E-state index in [1.807, 2.05) is 12.1 Å². The first-order chi connectivity index (χ1) is 8.25. The van der Waals surface area contributed by atoms with E-state index in [2.05, 4.69) is 47.0 Å². The van der Waals surface area contributed by atoms with E-state index in [0.717, 1.165) is 30.8 Å². The van der Waals surface area contributed by atoms with Crippen LogP contribution in [0.2, 0.25) is 5.02 Å². The van der Waals surface area contributed by atoms with Crippen molar-refractivity contribution >= 4 is 51.5 Å². The molecule has 0 amide bonds. The Balaban J connectivity index is 2.29. The third-order valence-electron chi connectivity index (χ3n) is 2.80. The first-order valence-electron chi connectivity index (χ1n) is 5.34. The fraction of sp³-hybridized carbons (Fsp3) is 0. The number of aromatic nitrogens is 1. The Morgan fingerprint density at radius 3 is 2.41 bits per heavy atom. The predicted molar refractivity (Wildman–Crippen MR) is 73.7 cm³/mol. The molecule has 3 radical (unpaired) electrons. The van der Waals surface area contributed by atoms with Gasteiger partial charge in [0.15, 0.2) is 0 Å². The minimum atomic E-state index is 0.778. The van der Waals surface area contributed by atoms with Gasteiger partial charge < -0.3 is 0 Å². The van der Waals surface area contributed by atoms with Crippen LogP contribution in [-0.2, 0) is 0 Å². The van der Waals surface area contributed by atoms with Crippen LogP contribution in [0.4, 0.5) is 0 Å². The van der Waals surface area contributed by atoms with Crippen molar-refractivity contribution in [2.45, 2.75) is 0 Å². The van der Waals surface area contributed by atoms with Gasteiger partial charge in [-0.15, -0.1) is 0 Å². The molecule has 1 heterocycles. The van der Waals surface area contributed by atoms with Crippen molar-refractivity contribution in [1.82, 2.24) is 4.57 Å². The normalized spacial score (nSPS) is 10.9. The van der Waals surface area contributed by atoms with E-state index in [1.54, 1.807) is 0 Å². The topological polar surface area (TPSA) is 4.93 Å². The van der Waals surface area contributed by atoms with Gasteiger partial charge in [0.25, 0.3) is 0 Å². The molecule has 0 unspecified atom stereocenters. The van der Waals surface area contributed by atoms with Gasteiger partial charge in [0.05, 0.1) is 0 Å². The van der Waals surface area contributed by atoms with Gasteiger partial charge in [0.2, 0.25) is 0 Å². The van der Waals surface area contributed by atoms with Crippen molar-refractivity contribution in [3.8, 4) is 5.69 Å². The summed E-state index contributed by atoms with van der Waals surface area (Å²) >= 11 is 6.96. The van der Waals surface area contributed by atoms with Crippen LogP contribution in [0.3, 0.4) is 0 Å². The maximum atomic E-state index is 5.93. The van der Waals surface area contributed by atoms with Crippen molar-refractivity contribution in [1.29, 1.82) is 0 Å². The Hall–Kier alpha value is -0.808. The Bertz CT molecular complexity index is 670. The molecule has 3 heteroatoms. The van der Waals surface area contributed by atoms with E-state index in [-0.39, 0.29) is 0 Å². The summed E-state index contributed by atoms with van der Waals surface area (Å²) in [5.41, 5.74) is 2.44. The Labute approximate surface area is 121 Å². The first-order valence-corrected chi connectivity index (χ1v) is 7.66. The second-order valence-corrected chi connectivity index (χ2v) is 6.33. The van der Waals surface area contributed by atoms with Gasteiger partial charge in [0.1, 0.15) is 0 Å². The van der Waals surface area contributed by atoms with Gasteiger partial charge in [-0.1, -0.05) is 0 Å². The summed E-state index contributed by atoms with van der Waals surface area (Å²) in [4.78, 5) is 0. The molecule has 0 aliphatic rings. The number of halogens is 1. The van der Waals surface area contributed by atoms with Crippen molar-refractivity contribution in [3.63, 3.8) is 0 Å². The number of fused-ring (bicyclic) bond motifs is 1. The molecule has 81 valence electrons. The van der Waals surface area contributed by atoms with Crippen LogP contribution < -0.4 is 3.25 Å². The summed E-state index contributed by atoms with van der Waals surface area (Å²) in [6, 6.07) is 18.7. The molecular formula is C14H9ClNPb. The van der Waals surface area contributed by atoms with Gasteiger partial charge >= 0.3 is 121 Å². The molecule has 17 heavy (non-hydrogen) atoms. The van der Waals surface area contributed by atoms with Crippen molar-refractivity contribution in [3.05, 3.63) is 59.6 Å². The van der Waals surface area contributed by atoms with Crippen LogP contribution in [0, 0.1) is 0 Å². The average Bonchev–Trinajstić information content (AvgIpc) is 2.66. The predicted octanol–water partition coefficient (Wildman–Crippen LogP) is 3.08. The Morgan fingerprint density at radius 2 is 1.65 bits per heavy atom. The third-order valence-corrected chi connectivity index (χ3v) is 4.48. The molecule has 3 rings (SSSR count). The van der Waals surface area contributed by atoms with Gasteiger partial charge in [-0.3, -0.25) is 0 Å². The Kier molecular flexibility index (Phi) is 2.96. The molecule has 0 atom stereocenters. The van der Waals surface area contributed by atoms with Crippen LogP contribution in [0.5, 0.6) is 0 Å². The first kappa shape index (κ1) is 11.3. The molecule has 1 nitrogen and oxygen atoms in total. The molecule has 3 aromatic rings. The van der Waals surface area contributed by atoms with Crippen LogP contribution in [0.15, 0.2) is 54.6 Å². The van der Waals surface area contributed by atoms with E-state index in [4.69, 9.17) is 11.6 Å². The van der Waals surface area contributed by atoms with E-state index < -0.39 is 0 Å². The quantitative estimate of drug-likeness (QED) is 0.520. The van der Waals surface area contributed by atoms with E-state index in [9.17, 15) is 0 Å². The molecule has 0 saturated carbocycles. The zero-order chi connectivity index (χ0) is 11.8. The average molecular weight is 434 g/mol. The van der Waals surface area contributed by atoms with Crippen molar-refractivity contribution < 1.29 is 0 Å².